The van der Waals surface area contributed by atoms with E-state index in [9.17, 15) is 13.2 Å². The molecule has 1 amide bonds. The second-order valence-electron chi connectivity index (χ2n) is 4.50. The summed E-state index contributed by atoms with van der Waals surface area (Å²) >= 11 is 5.84. The number of rotatable bonds is 7. The number of hydrogen-bond acceptors (Lipinski definition) is 3. The van der Waals surface area contributed by atoms with Crippen LogP contribution in [-0.4, -0.2) is 26.6 Å². The lowest BCUT2D eigenvalue weighted by atomic mass is 10.2. The van der Waals surface area contributed by atoms with E-state index in [0.717, 1.165) is 12.0 Å². The van der Waals surface area contributed by atoms with Crippen LogP contribution in [0.15, 0.2) is 18.2 Å². The van der Waals surface area contributed by atoms with E-state index < -0.39 is 15.9 Å². The number of nitrogens with one attached hydrogen (secondary N) is 2. The molecule has 0 aliphatic heterocycles. The maximum Gasteiger partial charge on any atom is 0.239 e. The van der Waals surface area contributed by atoms with Crippen LogP contribution in [0, 0.1) is 6.92 Å². The highest BCUT2D eigenvalue weighted by Gasteiger charge is 2.12. The van der Waals surface area contributed by atoms with Crippen LogP contribution < -0.4 is 10.0 Å². The molecule has 1 aromatic carbocycles. The average Bonchev–Trinajstić information content (AvgIpc) is 2.39. The van der Waals surface area contributed by atoms with Gasteiger partial charge >= 0.3 is 0 Å². The normalized spacial score (nSPS) is 11.3. The van der Waals surface area contributed by atoms with Crippen molar-refractivity contribution in [3.8, 4) is 0 Å². The fourth-order valence-electron chi connectivity index (χ4n) is 1.51. The first kappa shape index (κ1) is 16.9. The number of aryl methyl sites for hydroxylation is 1. The van der Waals surface area contributed by atoms with Gasteiger partial charge in [0.1, 0.15) is 0 Å². The van der Waals surface area contributed by atoms with Gasteiger partial charge in [0.15, 0.2) is 0 Å². The Morgan fingerprint density at radius 2 is 2.05 bits per heavy atom. The van der Waals surface area contributed by atoms with Crippen LogP contribution in [0.3, 0.4) is 0 Å². The third kappa shape index (κ3) is 5.90. The lowest BCUT2D eigenvalue weighted by Crippen LogP contribution is -2.34. The van der Waals surface area contributed by atoms with Gasteiger partial charge in [0, 0.05) is 10.7 Å². The third-order valence-electron chi connectivity index (χ3n) is 2.69. The van der Waals surface area contributed by atoms with Gasteiger partial charge in [0.2, 0.25) is 15.9 Å². The van der Waals surface area contributed by atoms with Gasteiger partial charge in [-0.25, -0.2) is 13.1 Å². The Morgan fingerprint density at radius 3 is 2.70 bits per heavy atom. The van der Waals surface area contributed by atoms with Gasteiger partial charge in [-0.3, -0.25) is 4.79 Å². The van der Waals surface area contributed by atoms with E-state index in [4.69, 9.17) is 11.6 Å². The molecule has 0 saturated heterocycles. The van der Waals surface area contributed by atoms with Gasteiger partial charge in [-0.2, -0.15) is 0 Å². The van der Waals surface area contributed by atoms with Crippen LogP contribution in [0.2, 0.25) is 5.02 Å². The predicted octanol–water partition coefficient (Wildman–Crippen LogP) is 2.31. The molecule has 0 fully saturated rings. The second kappa shape index (κ2) is 7.61. The lowest BCUT2D eigenvalue weighted by Gasteiger charge is -2.10. The van der Waals surface area contributed by atoms with E-state index in [0.29, 0.717) is 17.1 Å². The summed E-state index contributed by atoms with van der Waals surface area (Å²) in [5.74, 6) is -0.386. The van der Waals surface area contributed by atoms with Crippen LogP contribution in [0.5, 0.6) is 0 Å². The van der Waals surface area contributed by atoms with Crippen molar-refractivity contribution in [2.75, 3.05) is 17.6 Å². The second-order valence-corrected chi connectivity index (χ2v) is 6.86. The summed E-state index contributed by atoms with van der Waals surface area (Å²) in [6, 6.07) is 5.13. The largest absolute Gasteiger partial charge is 0.325 e. The first-order chi connectivity index (χ1) is 9.34. The van der Waals surface area contributed by atoms with Crippen LogP contribution in [0.25, 0.3) is 0 Å². The molecule has 20 heavy (non-hydrogen) atoms. The number of sulfonamides is 1. The number of unbranched alkanes of at least 4 members (excludes halogenated alkanes) is 1. The zero-order chi connectivity index (χ0) is 15.2. The number of hydrogen-bond donors (Lipinski definition) is 2. The average molecular weight is 319 g/mol. The molecule has 5 nitrogen and oxygen atoms in total. The highest BCUT2D eigenvalue weighted by atomic mass is 35.5. The summed E-state index contributed by atoms with van der Waals surface area (Å²) in [6.45, 7) is 3.46. The van der Waals surface area contributed by atoms with Crippen molar-refractivity contribution in [2.24, 2.45) is 0 Å². The molecule has 0 radical (unpaired) electrons. The monoisotopic (exact) mass is 318 g/mol. The van der Waals surface area contributed by atoms with Crippen molar-refractivity contribution in [3.05, 3.63) is 28.8 Å². The molecule has 1 rings (SSSR count). The Bertz CT molecular complexity index is 573. The fraction of sp³-hybridized carbons (Fsp3) is 0.462. The summed E-state index contributed by atoms with van der Waals surface area (Å²) in [7, 11) is -3.39. The predicted molar refractivity (Wildman–Crippen MR) is 81.5 cm³/mol. The van der Waals surface area contributed by atoms with Crippen molar-refractivity contribution < 1.29 is 13.2 Å². The standard InChI is InChI=1S/C13H19ClN2O3S/c1-3-4-7-20(18,19)15-9-13(17)16-12-8-11(14)6-5-10(12)2/h5-6,8,15H,3-4,7,9H2,1-2H3,(H,16,17). The Morgan fingerprint density at radius 1 is 1.35 bits per heavy atom. The van der Waals surface area contributed by atoms with Crippen molar-refractivity contribution in [3.63, 3.8) is 0 Å². The summed E-state index contributed by atoms with van der Waals surface area (Å²) in [6.07, 6.45) is 1.36. The van der Waals surface area contributed by atoms with Gasteiger partial charge in [-0.15, -0.1) is 0 Å². The summed E-state index contributed by atoms with van der Waals surface area (Å²) in [5.41, 5.74) is 1.44. The summed E-state index contributed by atoms with van der Waals surface area (Å²) < 4.78 is 25.4. The minimum Gasteiger partial charge on any atom is -0.325 e. The molecule has 2 N–H and O–H groups in total. The number of carbonyl (C=O) groups excluding carboxylic acids is 1. The maximum absolute atomic E-state index is 11.7. The SMILES string of the molecule is CCCCS(=O)(=O)NCC(=O)Nc1cc(Cl)ccc1C. The quantitative estimate of drug-likeness (QED) is 0.810. The molecule has 0 heterocycles. The molecule has 0 atom stereocenters. The minimum atomic E-state index is -3.39. The molecule has 1 aromatic rings. The van der Waals surface area contributed by atoms with Crippen LogP contribution in [0.4, 0.5) is 5.69 Å². The van der Waals surface area contributed by atoms with Gasteiger partial charge in [0.25, 0.3) is 0 Å². The van der Waals surface area contributed by atoms with E-state index in [1.165, 1.54) is 0 Å². The zero-order valence-corrected chi connectivity index (χ0v) is 13.1. The Labute approximate surface area is 124 Å². The smallest absolute Gasteiger partial charge is 0.239 e. The van der Waals surface area contributed by atoms with Gasteiger partial charge < -0.3 is 5.32 Å². The van der Waals surface area contributed by atoms with Crippen molar-refractivity contribution >= 4 is 33.2 Å². The lowest BCUT2D eigenvalue weighted by molar-refractivity contribution is -0.115. The third-order valence-corrected chi connectivity index (χ3v) is 4.34. The summed E-state index contributed by atoms with van der Waals surface area (Å²) in [4.78, 5) is 11.7. The van der Waals surface area contributed by atoms with E-state index in [-0.39, 0.29) is 12.3 Å². The molecular formula is C13H19ClN2O3S. The van der Waals surface area contributed by atoms with E-state index in [2.05, 4.69) is 10.0 Å². The maximum atomic E-state index is 11.7. The summed E-state index contributed by atoms with van der Waals surface area (Å²) in [5, 5.41) is 3.14. The molecule has 0 aliphatic carbocycles. The molecule has 0 unspecified atom stereocenters. The molecular weight excluding hydrogens is 300 g/mol. The Kier molecular flexibility index (Phi) is 6.45. The number of benzene rings is 1. The fourth-order valence-corrected chi connectivity index (χ4v) is 2.84. The minimum absolute atomic E-state index is 0.0347. The molecule has 0 aromatic heterocycles. The molecule has 0 saturated carbocycles. The van der Waals surface area contributed by atoms with Gasteiger partial charge in [0.05, 0.1) is 12.3 Å². The highest BCUT2D eigenvalue weighted by molar-refractivity contribution is 7.89. The van der Waals surface area contributed by atoms with E-state index in [1.54, 1.807) is 18.2 Å². The van der Waals surface area contributed by atoms with E-state index in [1.807, 2.05) is 13.8 Å². The van der Waals surface area contributed by atoms with Crippen LogP contribution in [0.1, 0.15) is 25.3 Å². The van der Waals surface area contributed by atoms with Crippen molar-refractivity contribution in [2.45, 2.75) is 26.7 Å². The highest BCUT2D eigenvalue weighted by Crippen LogP contribution is 2.19. The molecule has 7 heteroatoms. The van der Waals surface area contributed by atoms with Crippen LogP contribution >= 0.6 is 11.6 Å². The molecule has 0 aliphatic rings. The number of carbonyl (C=O) groups is 1. The topological polar surface area (TPSA) is 75.3 Å². The van der Waals surface area contributed by atoms with E-state index >= 15 is 0 Å². The van der Waals surface area contributed by atoms with Crippen molar-refractivity contribution in [1.29, 1.82) is 0 Å². The first-order valence-electron chi connectivity index (χ1n) is 6.37. The van der Waals surface area contributed by atoms with Crippen LogP contribution in [-0.2, 0) is 14.8 Å². The van der Waals surface area contributed by atoms with Gasteiger partial charge in [-0.05, 0) is 31.0 Å². The Balaban J connectivity index is 2.54. The number of halogens is 1. The Hall–Kier alpha value is -1.11. The number of anilines is 1. The zero-order valence-electron chi connectivity index (χ0n) is 11.6. The number of amides is 1. The first-order valence-corrected chi connectivity index (χ1v) is 8.40. The molecule has 112 valence electrons. The molecule has 0 bridgehead atoms. The van der Waals surface area contributed by atoms with Crippen molar-refractivity contribution in [1.82, 2.24) is 4.72 Å². The molecule has 0 spiro atoms. The van der Waals surface area contributed by atoms with Gasteiger partial charge in [-0.1, -0.05) is 31.0 Å².